The molecular weight excluding hydrogens is 234 g/mol. The summed E-state index contributed by atoms with van der Waals surface area (Å²) in [4.78, 5) is 26.6. The molecular formula is C13H23NO4. The lowest BCUT2D eigenvalue weighted by Gasteiger charge is -2.04. The third-order valence-corrected chi connectivity index (χ3v) is 2.13. The minimum Gasteiger partial charge on any atom is -0.447 e. The fourth-order valence-corrected chi connectivity index (χ4v) is 1.07. The number of unbranched alkanes of at least 4 members (excludes halogenated alkanes) is 1. The lowest BCUT2D eigenvalue weighted by atomic mass is 10.1. The molecule has 0 aromatic rings. The van der Waals surface area contributed by atoms with E-state index >= 15 is 0 Å². The average molecular weight is 257 g/mol. The van der Waals surface area contributed by atoms with Crippen LogP contribution >= 0.6 is 0 Å². The molecule has 5 heteroatoms. The van der Waals surface area contributed by atoms with Crippen molar-refractivity contribution in [2.75, 3.05) is 6.61 Å². The maximum atomic E-state index is 11.1. The second-order valence-electron chi connectivity index (χ2n) is 4.39. The van der Waals surface area contributed by atoms with Crippen molar-refractivity contribution in [3.8, 4) is 0 Å². The first-order valence-electron chi connectivity index (χ1n) is 6.36. The number of carbonyl (C=O) groups is 2. The highest BCUT2D eigenvalue weighted by atomic mass is 16.7. The lowest BCUT2D eigenvalue weighted by molar-refractivity contribution is -0.143. The normalized spacial score (nSPS) is 10.7. The summed E-state index contributed by atoms with van der Waals surface area (Å²) in [6.45, 7) is 6.54. The van der Waals surface area contributed by atoms with Crippen LogP contribution < -0.4 is 5.48 Å². The van der Waals surface area contributed by atoms with Crippen LogP contribution in [0, 0.1) is 5.92 Å². The molecule has 0 heterocycles. The fraction of sp³-hybridized carbons (Fsp3) is 0.692. The van der Waals surface area contributed by atoms with Crippen LogP contribution in [0.15, 0.2) is 12.2 Å². The molecule has 1 amide bonds. The molecule has 0 aliphatic rings. The SMILES string of the molecule is CCCCOC(=O)NOC(=O)/C=C/CCC(C)C. The van der Waals surface area contributed by atoms with Gasteiger partial charge in [0.05, 0.1) is 6.61 Å². The first-order chi connectivity index (χ1) is 8.56. The largest absolute Gasteiger partial charge is 0.447 e. The van der Waals surface area contributed by atoms with Crippen LogP contribution in [0.5, 0.6) is 0 Å². The van der Waals surface area contributed by atoms with E-state index in [2.05, 4.69) is 18.7 Å². The van der Waals surface area contributed by atoms with E-state index in [0.717, 1.165) is 25.7 Å². The molecule has 0 atom stereocenters. The van der Waals surface area contributed by atoms with Crippen LogP contribution in [0.3, 0.4) is 0 Å². The standard InChI is InChI=1S/C13H23NO4/c1-4-5-10-17-13(16)14-18-12(15)9-7-6-8-11(2)3/h7,9,11H,4-6,8,10H2,1-3H3,(H,14,16)/b9-7+. The molecule has 0 spiro atoms. The minimum absolute atomic E-state index is 0.324. The average Bonchev–Trinajstić information content (AvgIpc) is 2.32. The maximum Gasteiger partial charge on any atom is 0.440 e. The molecule has 0 aliphatic carbocycles. The van der Waals surface area contributed by atoms with Crippen LogP contribution in [0.1, 0.15) is 46.5 Å². The van der Waals surface area contributed by atoms with Gasteiger partial charge in [0.1, 0.15) is 0 Å². The van der Waals surface area contributed by atoms with Crippen molar-refractivity contribution in [2.45, 2.75) is 46.5 Å². The highest BCUT2D eigenvalue weighted by Gasteiger charge is 2.04. The molecule has 0 fully saturated rings. The molecule has 0 aliphatic heterocycles. The van der Waals surface area contributed by atoms with Crippen molar-refractivity contribution in [2.24, 2.45) is 5.92 Å². The quantitative estimate of drug-likeness (QED) is 0.432. The molecule has 0 aromatic heterocycles. The van der Waals surface area contributed by atoms with Crippen LogP contribution in [-0.2, 0) is 14.4 Å². The Hall–Kier alpha value is -1.52. The van der Waals surface area contributed by atoms with Crippen LogP contribution in [0.25, 0.3) is 0 Å². The van der Waals surface area contributed by atoms with Crippen molar-refractivity contribution in [3.63, 3.8) is 0 Å². The second-order valence-corrected chi connectivity index (χ2v) is 4.39. The van der Waals surface area contributed by atoms with Crippen LogP contribution in [-0.4, -0.2) is 18.7 Å². The van der Waals surface area contributed by atoms with E-state index in [0.29, 0.717) is 12.5 Å². The van der Waals surface area contributed by atoms with Gasteiger partial charge in [-0.2, -0.15) is 0 Å². The summed E-state index contributed by atoms with van der Waals surface area (Å²) in [5.74, 6) is -0.0106. The Morgan fingerprint density at radius 2 is 2.06 bits per heavy atom. The second kappa shape index (κ2) is 10.6. The van der Waals surface area contributed by atoms with Gasteiger partial charge in [-0.25, -0.2) is 9.59 Å². The summed E-state index contributed by atoms with van der Waals surface area (Å²) >= 11 is 0. The van der Waals surface area contributed by atoms with Gasteiger partial charge in [-0.1, -0.05) is 33.3 Å². The molecule has 0 rings (SSSR count). The van der Waals surface area contributed by atoms with Gasteiger partial charge in [0.25, 0.3) is 0 Å². The number of hydrogen-bond acceptors (Lipinski definition) is 4. The van der Waals surface area contributed by atoms with E-state index in [-0.39, 0.29) is 0 Å². The molecule has 0 saturated carbocycles. The van der Waals surface area contributed by atoms with Crippen molar-refractivity contribution >= 4 is 12.1 Å². The smallest absolute Gasteiger partial charge is 0.440 e. The van der Waals surface area contributed by atoms with E-state index in [4.69, 9.17) is 4.74 Å². The topological polar surface area (TPSA) is 64.6 Å². The van der Waals surface area contributed by atoms with Gasteiger partial charge in [0.15, 0.2) is 0 Å². The Morgan fingerprint density at radius 1 is 1.33 bits per heavy atom. The van der Waals surface area contributed by atoms with Crippen LogP contribution in [0.4, 0.5) is 4.79 Å². The highest BCUT2D eigenvalue weighted by Crippen LogP contribution is 2.03. The summed E-state index contributed by atoms with van der Waals surface area (Å²) < 4.78 is 4.74. The van der Waals surface area contributed by atoms with Gasteiger partial charge in [-0.3, -0.25) is 0 Å². The first kappa shape index (κ1) is 16.5. The Bertz CT molecular complexity index is 274. The Balaban J connectivity index is 3.60. The van der Waals surface area contributed by atoms with E-state index < -0.39 is 12.1 Å². The number of amides is 1. The summed E-state index contributed by atoms with van der Waals surface area (Å²) in [6, 6.07) is 0. The van der Waals surface area contributed by atoms with E-state index in [1.165, 1.54) is 6.08 Å². The van der Waals surface area contributed by atoms with Gasteiger partial charge in [-0.05, 0) is 25.2 Å². The predicted octanol–water partition coefficient (Wildman–Crippen LogP) is 2.96. The fourth-order valence-electron chi connectivity index (χ4n) is 1.07. The predicted molar refractivity (Wildman–Crippen MR) is 68.7 cm³/mol. The molecule has 104 valence electrons. The highest BCUT2D eigenvalue weighted by molar-refractivity contribution is 5.82. The monoisotopic (exact) mass is 257 g/mol. The molecule has 0 radical (unpaired) electrons. The first-order valence-corrected chi connectivity index (χ1v) is 6.36. The number of nitrogens with one attached hydrogen (secondary N) is 1. The number of carbonyl (C=O) groups excluding carboxylic acids is 2. The number of ether oxygens (including phenoxy) is 1. The van der Waals surface area contributed by atoms with E-state index in [1.807, 2.05) is 12.4 Å². The van der Waals surface area contributed by atoms with Crippen molar-refractivity contribution in [3.05, 3.63) is 12.2 Å². The molecule has 0 saturated heterocycles. The molecule has 1 N–H and O–H groups in total. The third-order valence-electron chi connectivity index (χ3n) is 2.13. The molecule has 5 nitrogen and oxygen atoms in total. The number of hydroxylamine groups is 1. The van der Waals surface area contributed by atoms with Gasteiger partial charge in [0.2, 0.25) is 0 Å². The minimum atomic E-state index is -0.743. The van der Waals surface area contributed by atoms with Crippen LogP contribution in [0.2, 0.25) is 0 Å². The zero-order chi connectivity index (χ0) is 13.8. The Kier molecular flexibility index (Phi) is 9.73. The van der Waals surface area contributed by atoms with Crippen molar-refractivity contribution in [1.82, 2.24) is 5.48 Å². The van der Waals surface area contributed by atoms with Crippen molar-refractivity contribution < 1.29 is 19.2 Å². The maximum absolute atomic E-state index is 11.1. The summed E-state index contributed by atoms with van der Waals surface area (Å²) in [5.41, 5.74) is 1.93. The van der Waals surface area contributed by atoms with Gasteiger partial charge in [-0.15, -0.1) is 5.48 Å². The number of hydrogen-bond donors (Lipinski definition) is 1. The lowest BCUT2D eigenvalue weighted by Crippen LogP contribution is -2.27. The number of allylic oxidation sites excluding steroid dienone is 1. The van der Waals surface area contributed by atoms with E-state index in [9.17, 15) is 9.59 Å². The van der Waals surface area contributed by atoms with Gasteiger partial charge in [0, 0.05) is 6.08 Å². The molecule has 0 aromatic carbocycles. The molecule has 0 unspecified atom stereocenters. The molecule has 0 bridgehead atoms. The summed E-state index contributed by atoms with van der Waals surface area (Å²) in [5, 5.41) is 0. The zero-order valence-corrected chi connectivity index (χ0v) is 11.4. The van der Waals surface area contributed by atoms with Gasteiger partial charge < -0.3 is 9.57 Å². The number of rotatable bonds is 7. The summed E-state index contributed by atoms with van der Waals surface area (Å²) in [6.07, 6.45) is 5.83. The van der Waals surface area contributed by atoms with Crippen molar-refractivity contribution in [1.29, 1.82) is 0 Å². The van der Waals surface area contributed by atoms with E-state index in [1.54, 1.807) is 6.08 Å². The third kappa shape index (κ3) is 11.0. The molecule has 18 heavy (non-hydrogen) atoms. The summed E-state index contributed by atoms with van der Waals surface area (Å²) in [7, 11) is 0. The zero-order valence-electron chi connectivity index (χ0n) is 11.4. The Morgan fingerprint density at radius 3 is 2.67 bits per heavy atom. The Labute approximate surface area is 108 Å². The van der Waals surface area contributed by atoms with Gasteiger partial charge >= 0.3 is 12.1 Å².